The first kappa shape index (κ1) is 27.9. The van der Waals surface area contributed by atoms with Crippen LogP contribution in [0.15, 0.2) is 35.4 Å². The quantitative estimate of drug-likeness (QED) is 0.590. The molecule has 3 heterocycles. The molecular formula is C27H34F3N3O5. The second kappa shape index (κ2) is 10.2. The number of halogens is 3. The van der Waals surface area contributed by atoms with Gasteiger partial charge < -0.3 is 19.3 Å². The van der Waals surface area contributed by atoms with Gasteiger partial charge in [-0.05, 0) is 51.8 Å². The van der Waals surface area contributed by atoms with Crippen LogP contribution >= 0.6 is 0 Å². The van der Waals surface area contributed by atoms with E-state index in [1.807, 2.05) is 4.90 Å². The van der Waals surface area contributed by atoms with E-state index in [0.29, 0.717) is 38.3 Å². The van der Waals surface area contributed by atoms with Crippen molar-refractivity contribution < 1.29 is 37.0 Å². The molecule has 2 saturated heterocycles. The SMILES string of the molecule is CC1=C(C(=O)N2CCN(c3cccc(CC(F)(F)F)c3)CC2)C2(CCC(C(=O)OC(C)(C)C)CN2)OC1=O. The van der Waals surface area contributed by atoms with Crippen LogP contribution in [-0.4, -0.2) is 73.0 Å². The summed E-state index contributed by atoms with van der Waals surface area (Å²) >= 11 is 0. The normalized spacial score (nSPS) is 24.6. The number of ether oxygens (including phenoxy) is 2. The Morgan fingerprint density at radius 1 is 1.16 bits per heavy atom. The zero-order chi connectivity index (χ0) is 27.9. The number of hydrogen-bond donors (Lipinski definition) is 1. The van der Waals surface area contributed by atoms with Crippen molar-refractivity contribution in [3.8, 4) is 0 Å². The highest BCUT2D eigenvalue weighted by molar-refractivity contribution is 6.07. The number of piperazine rings is 1. The van der Waals surface area contributed by atoms with Crippen molar-refractivity contribution in [3.05, 3.63) is 41.0 Å². The van der Waals surface area contributed by atoms with Gasteiger partial charge in [0.1, 0.15) is 5.60 Å². The summed E-state index contributed by atoms with van der Waals surface area (Å²) in [5.41, 5.74) is -0.560. The maximum absolute atomic E-state index is 13.6. The molecule has 4 rings (SSSR count). The Morgan fingerprint density at radius 3 is 2.42 bits per heavy atom. The van der Waals surface area contributed by atoms with Crippen LogP contribution in [0.3, 0.4) is 0 Å². The number of nitrogens with one attached hydrogen (secondary N) is 1. The van der Waals surface area contributed by atoms with Crippen molar-refractivity contribution in [1.29, 1.82) is 0 Å². The van der Waals surface area contributed by atoms with Gasteiger partial charge in [-0.3, -0.25) is 14.9 Å². The molecule has 0 radical (unpaired) electrons. The van der Waals surface area contributed by atoms with Gasteiger partial charge in [0.15, 0.2) is 5.72 Å². The number of hydrogen-bond acceptors (Lipinski definition) is 7. The summed E-state index contributed by atoms with van der Waals surface area (Å²) in [6, 6.07) is 6.35. The Hall–Kier alpha value is -3.08. The maximum Gasteiger partial charge on any atom is 0.393 e. The van der Waals surface area contributed by atoms with E-state index in [4.69, 9.17) is 9.47 Å². The molecule has 3 aliphatic heterocycles. The molecule has 3 aliphatic rings. The Balaban J connectivity index is 1.41. The van der Waals surface area contributed by atoms with Gasteiger partial charge in [0.25, 0.3) is 5.91 Å². The van der Waals surface area contributed by atoms with Crippen molar-refractivity contribution in [2.24, 2.45) is 5.92 Å². The first-order chi connectivity index (χ1) is 17.7. The van der Waals surface area contributed by atoms with Gasteiger partial charge in [-0.15, -0.1) is 0 Å². The number of alkyl halides is 3. The minimum atomic E-state index is -4.29. The smallest absolute Gasteiger partial charge is 0.393 e. The fraction of sp³-hybridized carbons (Fsp3) is 0.593. The predicted octanol–water partition coefficient (Wildman–Crippen LogP) is 3.35. The predicted molar refractivity (Wildman–Crippen MR) is 133 cm³/mol. The lowest BCUT2D eigenvalue weighted by Gasteiger charge is -2.41. The molecule has 1 amide bonds. The number of rotatable bonds is 4. The molecule has 11 heteroatoms. The maximum atomic E-state index is 13.6. The third-order valence-corrected chi connectivity index (χ3v) is 7.03. The molecule has 1 spiro atoms. The zero-order valence-corrected chi connectivity index (χ0v) is 22.1. The summed E-state index contributed by atoms with van der Waals surface area (Å²) in [4.78, 5) is 42.3. The van der Waals surface area contributed by atoms with Crippen molar-refractivity contribution >= 4 is 23.5 Å². The number of nitrogens with zero attached hydrogens (tertiary/aromatic N) is 2. The Morgan fingerprint density at radius 2 is 1.84 bits per heavy atom. The summed E-state index contributed by atoms with van der Waals surface area (Å²) in [6.07, 6.45) is -4.63. The van der Waals surface area contributed by atoms with Crippen molar-refractivity contribution in [2.45, 2.75) is 64.5 Å². The van der Waals surface area contributed by atoms with Gasteiger partial charge >= 0.3 is 18.1 Å². The van der Waals surface area contributed by atoms with Gasteiger partial charge in [-0.25, -0.2) is 4.79 Å². The molecule has 0 bridgehead atoms. The van der Waals surface area contributed by atoms with Crippen LogP contribution in [-0.2, 0) is 30.3 Å². The van der Waals surface area contributed by atoms with Gasteiger partial charge in [0.05, 0.1) is 17.9 Å². The molecule has 208 valence electrons. The number of piperidine rings is 1. The van der Waals surface area contributed by atoms with Crippen molar-refractivity contribution in [1.82, 2.24) is 10.2 Å². The Bertz CT molecular complexity index is 1130. The lowest BCUT2D eigenvalue weighted by molar-refractivity contribution is -0.164. The number of esters is 2. The molecule has 1 N–H and O–H groups in total. The monoisotopic (exact) mass is 537 g/mol. The molecule has 0 aliphatic carbocycles. The fourth-order valence-corrected chi connectivity index (χ4v) is 5.19. The van der Waals surface area contributed by atoms with Crippen molar-refractivity contribution in [3.63, 3.8) is 0 Å². The van der Waals surface area contributed by atoms with E-state index in [1.54, 1.807) is 44.7 Å². The number of carbonyl (C=O) groups excluding carboxylic acids is 3. The van der Waals surface area contributed by atoms with Gasteiger partial charge in [-0.1, -0.05) is 12.1 Å². The summed E-state index contributed by atoms with van der Waals surface area (Å²) in [6.45, 7) is 8.69. The second-order valence-electron chi connectivity index (χ2n) is 11.1. The lowest BCUT2D eigenvalue weighted by Crippen LogP contribution is -2.58. The third-order valence-electron chi connectivity index (χ3n) is 7.03. The molecule has 38 heavy (non-hydrogen) atoms. The van der Waals surface area contributed by atoms with E-state index < -0.39 is 35.8 Å². The average Bonchev–Trinajstić information content (AvgIpc) is 3.06. The number of benzene rings is 1. The fourth-order valence-electron chi connectivity index (χ4n) is 5.19. The van der Waals surface area contributed by atoms with Crippen LogP contribution in [0.2, 0.25) is 0 Å². The van der Waals surface area contributed by atoms with Crippen LogP contribution in [0.4, 0.5) is 18.9 Å². The average molecular weight is 538 g/mol. The first-order valence-corrected chi connectivity index (χ1v) is 12.8. The van der Waals surface area contributed by atoms with Gasteiger partial charge in [-0.2, -0.15) is 13.2 Å². The molecular weight excluding hydrogens is 503 g/mol. The topological polar surface area (TPSA) is 88.2 Å². The van der Waals surface area contributed by atoms with E-state index in [-0.39, 0.29) is 41.6 Å². The highest BCUT2D eigenvalue weighted by atomic mass is 19.4. The summed E-state index contributed by atoms with van der Waals surface area (Å²) in [7, 11) is 0. The van der Waals surface area contributed by atoms with Gasteiger partial charge in [0.2, 0.25) is 0 Å². The lowest BCUT2D eigenvalue weighted by atomic mass is 9.86. The molecule has 1 aromatic rings. The molecule has 8 nitrogen and oxygen atoms in total. The van der Waals surface area contributed by atoms with E-state index in [0.717, 1.165) is 0 Å². The van der Waals surface area contributed by atoms with Crippen LogP contribution in [0.25, 0.3) is 0 Å². The molecule has 0 aromatic heterocycles. The summed E-state index contributed by atoms with van der Waals surface area (Å²) in [5.74, 6) is -1.65. The summed E-state index contributed by atoms with van der Waals surface area (Å²) in [5, 5.41) is 3.15. The number of carbonyl (C=O) groups is 3. The highest BCUT2D eigenvalue weighted by Crippen LogP contribution is 2.39. The molecule has 2 atom stereocenters. The molecule has 2 unspecified atom stereocenters. The van der Waals surface area contributed by atoms with Crippen LogP contribution in [0, 0.1) is 5.92 Å². The Kier molecular flexibility index (Phi) is 7.53. The molecule has 1 aromatic carbocycles. The number of anilines is 1. The minimum absolute atomic E-state index is 0.186. The molecule has 2 fully saturated rings. The van der Waals surface area contributed by atoms with E-state index in [9.17, 15) is 27.6 Å². The van der Waals surface area contributed by atoms with E-state index in [2.05, 4.69) is 5.32 Å². The van der Waals surface area contributed by atoms with E-state index in [1.165, 1.54) is 12.1 Å². The minimum Gasteiger partial charge on any atom is -0.460 e. The second-order valence-corrected chi connectivity index (χ2v) is 11.1. The van der Waals surface area contributed by atoms with Crippen LogP contribution < -0.4 is 10.2 Å². The van der Waals surface area contributed by atoms with Crippen LogP contribution in [0.5, 0.6) is 0 Å². The standard InChI is InChI=1S/C27H34F3N3O5/c1-17-21(26(38-23(17)35)9-8-19(16-31-26)24(36)37-25(2,3)4)22(34)33-12-10-32(11-13-33)20-7-5-6-18(14-20)15-27(28,29)30/h5-7,14,19,31H,8-13,15-16H2,1-4H3. The van der Waals surface area contributed by atoms with Gasteiger partial charge in [0, 0.05) is 50.4 Å². The van der Waals surface area contributed by atoms with E-state index >= 15 is 0 Å². The van der Waals surface area contributed by atoms with Crippen LogP contribution in [0.1, 0.15) is 46.1 Å². The molecule has 0 saturated carbocycles. The largest absolute Gasteiger partial charge is 0.460 e. The summed E-state index contributed by atoms with van der Waals surface area (Å²) < 4.78 is 49.6. The van der Waals surface area contributed by atoms with Crippen molar-refractivity contribution in [2.75, 3.05) is 37.6 Å². The zero-order valence-electron chi connectivity index (χ0n) is 22.1. The number of amides is 1. The Labute approximate surface area is 220 Å². The first-order valence-electron chi connectivity index (χ1n) is 12.8. The highest BCUT2D eigenvalue weighted by Gasteiger charge is 2.53. The third kappa shape index (κ3) is 6.14.